The molecule has 6 N–H and O–H groups in total. The van der Waals surface area contributed by atoms with Gasteiger partial charge in [-0.3, -0.25) is 9.78 Å². The third-order valence-corrected chi connectivity index (χ3v) is 7.07. The van der Waals surface area contributed by atoms with Gasteiger partial charge in [0.05, 0.1) is 22.4 Å². The highest BCUT2D eigenvalue weighted by molar-refractivity contribution is 7.90. The first-order chi connectivity index (χ1) is 23.1. The molecule has 0 radical (unpaired) electrons. The maximum absolute atomic E-state index is 13.9. The number of pyridine rings is 1. The van der Waals surface area contributed by atoms with Gasteiger partial charge in [-0.15, -0.1) is 0 Å². The van der Waals surface area contributed by atoms with E-state index in [-0.39, 0.29) is 16.0 Å². The molecule has 3 aromatic carbocycles. The Bertz CT molecular complexity index is 1980. The van der Waals surface area contributed by atoms with Gasteiger partial charge < -0.3 is 26.5 Å². The van der Waals surface area contributed by atoms with E-state index < -0.39 is 45.9 Å². The SMILES string of the molecule is CS(=O)(=O)c1ccc(F)cc1-c1ccc(NC(=O)c2cccnc2-c2cccc(N)c2C=NO)cc1.O=C(O)C(F)(F)F.O=C(O)C(F)(F)F. The number of carbonyl (C=O) groups excluding carboxylic acids is 1. The number of alkyl halides is 6. The van der Waals surface area contributed by atoms with Gasteiger partial charge in [0, 0.05) is 40.5 Å². The highest BCUT2D eigenvalue weighted by atomic mass is 32.2. The number of nitrogens with one attached hydrogen (secondary N) is 1. The van der Waals surface area contributed by atoms with E-state index in [4.69, 9.17) is 30.7 Å². The molecule has 50 heavy (non-hydrogen) atoms. The Hall–Kier alpha value is -6.05. The fourth-order valence-corrected chi connectivity index (χ4v) is 4.67. The molecule has 0 bridgehead atoms. The summed E-state index contributed by atoms with van der Waals surface area (Å²) in [7, 11) is -3.58. The number of aliphatic carboxylic acids is 2. The third kappa shape index (κ3) is 11.3. The molecule has 0 spiro atoms. The van der Waals surface area contributed by atoms with E-state index in [1.54, 1.807) is 54.6 Å². The summed E-state index contributed by atoms with van der Waals surface area (Å²) in [5.41, 5.74) is 9.01. The largest absolute Gasteiger partial charge is 0.490 e. The summed E-state index contributed by atoms with van der Waals surface area (Å²) in [4.78, 5) is 35.3. The fraction of sp³-hybridized carbons (Fsp3) is 0.100. The number of nitrogens with two attached hydrogens (primary N) is 1. The van der Waals surface area contributed by atoms with Crippen LogP contribution in [0.3, 0.4) is 0 Å². The molecule has 1 amide bonds. The summed E-state index contributed by atoms with van der Waals surface area (Å²) in [5.74, 6) is -6.53. The van der Waals surface area contributed by atoms with E-state index >= 15 is 0 Å². The van der Waals surface area contributed by atoms with Gasteiger partial charge in [0.2, 0.25) is 0 Å². The number of nitrogen functional groups attached to an aromatic ring is 1. The molecule has 0 saturated heterocycles. The summed E-state index contributed by atoms with van der Waals surface area (Å²) in [6, 6.07) is 18.1. The number of carboxylic acids is 2. The Morgan fingerprint density at radius 3 is 1.92 bits per heavy atom. The number of amides is 1. The number of nitrogens with zero attached hydrogens (tertiary/aromatic N) is 2. The average Bonchev–Trinajstić information content (AvgIpc) is 3.01. The molecule has 4 aromatic rings. The van der Waals surface area contributed by atoms with Crippen LogP contribution >= 0.6 is 0 Å². The van der Waals surface area contributed by atoms with Gasteiger partial charge >= 0.3 is 24.3 Å². The Labute approximate surface area is 277 Å². The zero-order valence-corrected chi connectivity index (χ0v) is 25.8. The van der Waals surface area contributed by atoms with Crippen molar-refractivity contribution in [3.63, 3.8) is 0 Å². The molecule has 4 rings (SSSR count). The van der Waals surface area contributed by atoms with E-state index in [1.807, 2.05) is 0 Å². The van der Waals surface area contributed by atoms with E-state index in [9.17, 15) is 43.9 Å². The van der Waals surface area contributed by atoms with Crippen molar-refractivity contribution in [2.24, 2.45) is 5.16 Å². The number of halogens is 7. The van der Waals surface area contributed by atoms with Gasteiger partial charge in [0.1, 0.15) is 5.82 Å². The second kappa shape index (κ2) is 16.4. The number of anilines is 2. The smallest absolute Gasteiger partial charge is 0.475 e. The van der Waals surface area contributed by atoms with Crippen LogP contribution in [0.2, 0.25) is 0 Å². The maximum atomic E-state index is 13.9. The topological polar surface area (TPSA) is 209 Å². The molecular weight excluding hydrogens is 709 g/mol. The number of carboxylic acid groups (broad SMARTS) is 2. The average molecular weight is 733 g/mol. The lowest BCUT2D eigenvalue weighted by atomic mass is 9.99. The Balaban J connectivity index is 0.000000521. The minimum absolute atomic E-state index is 0.00467. The number of rotatable bonds is 6. The summed E-state index contributed by atoms with van der Waals surface area (Å²) < 4.78 is 102. The monoisotopic (exact) mass is 732 g/mol. The zero-order chi connectivity index (χ0) is 38.0. The number of hydrogen-bond acceptors (Lipinski definition) is 9. The molecule has 0 aliphatic carbocycles. The molecule has 0 fully saturated rings. The quantitative estimate of drug-likeness (QED) is 0.0398. The molecular formula is C30H23F7N4O8S. The first kappa shape index (κ1) is 40.1. The van der Waals surface area contributed by atoms with Gasteiger partial charge in [-0.25, -0.2) is 22.4 Å². The van der Waals surface area contributed by atoms with Crippen LogP contribution in [0, 0.1) is 5.82 Å². The van der Waals surface area contributed by atoms with Gasteiger partial charge in [-0.05, 0) is 54.1 Å². The molecule has 0 saturated carbocycles. The van der Waals surface area contributed by atoms with Crippen LogP contribution in [0.5, 0.6) is 0 Å². The first-order valence-electron chi connectivity index (χ1n) is 13.1. The van der Waals surface area contributed by atoms with Gasteiger partial charge in [-0.2, -0.15) is 26.3 Å². The highest BCUT2D eigenvalue weighted by Gasteiger charge is 2.38. The number of hydrogen-bond donors (Lipinski definition) is 5. The Kier molecular flexibility index (Phi) is 13.1. The van der Waals surface area contributed by atoms with Crippen LogP contribution in [0.15, 0.2) is 89.0 Å². The van der Waals surface area contributed by atoms with Crippen molar-refractivity contribution in [2.75, 3.05) is 17.3 Å². The van der Waals surface area contributed by atoms with Crippen molar-refractivity contribution in [2.45, 2.75) is 17.2 Å². The Morgan fingerprint density at radius 2 is 1.42 bits per heavy atom. The minimum atomic E-state index is -5.08. The second-order valence-electron chi connectivity index (χ2n) is 9.50. The molecule has 0 aliphatic heterocycles. The molecule has 0 unspecified atom stereocenters. The Morgan fingerprint density at radius 1 is 0.860 bits per heavy atom. The van der Waals surface area contributed by atoms with E-state index in [0.717, 1.165) is 18.4 Å². The molecule has 266 valence electrons. The van der Waals surface area contributed by atoms with Crippen LogP contribution in [-0.2, 0) is 19.4 Å². The fourth-order valence-electron chi connectivity index (χ4n) is 3.78. The molecule has 1 heterocycles. The molecule has 12 nitrogen and oxygen atoms in total. The van der Waals surface area contributed by atoms with Crippen molar-refractivity contribution < 1.29 is 69.0 Å². The normalized spacial score (nSPS) is 11.4. The van der Waals surface area contributed by atoms with Crippen molar-refractivity contribution >= 4 is 45.3 Å². The number of benzene rings is 3. The van der Waals surface area contributed by atoms with Crippen LogP contribution in [0.4, 0.5) is 42.1 Å². The number of oxime groups is 1. The van der Waals surface area contributed by atoms with Crippen LogP contribution < -0.4 is 11.1 Å². The van der Waals surface area contributed by atoms with Gasteiger partial charge in [-0.1, -0.05) is 29.4 Å². The number of sulfone groups is 1. The highest BCUT2D eigenvalue weighted by Crippen LogP contribution is 2.31. The molecule has 20 heteroatoms. The van der Waals surface area contributed by atoms with Crippen molar-refractivity contribution in [3.05, 3.63) is 95.9 Å². The zero-order valence-electron chi connectivity index (χ0n) is 25.0. The van der Waals surface area contributed by atoms with Crippen LogP contribution in [0.25, 0.3) is 22.4 Å². The lowest BCUT2D eigenvalue weighted by Gasteiger charge is -2.13. The van der Waals surface area contributed by atoms with Gasteiger partial charge in [0.15, 0.2) is 9.84 Å². The lowest BCUT2D eigenvalue weighted by molar-refractivity contribution is -0.193. The van der Waals surface area contributed by atoms with Crippen molar-refractivity contribution in [1.29, 1.82) is 0 Å². The predicted octanol–water partition coefficient (Wildman–Crippen LogP) is 5.87. The predicted molar refractivity (Wildman–Crippen MR) is 164 cm³/mol. The third-order valence-electron chi connectivity index (χ3n) is 5.91. The number of carbonyl (C=O) groups is 3. The first-order valence-corrected chi connectivity index (χ1v) is 15.0. The van der Waals surface area contributed by atoms with E-state index in [2.05, 4.69) is 15.5 Å². The van der Waals surface area contributed by atoms with Crippen molar-refractivity contribution in [1.82, 2.24) is 4.98 Å². The summed E-state index contributed by atoms with van der Waals surface area (Å²) in [6.07, 6.45) is -6.40. The summed E-state index contributed by atoms with van der Waals surface area (Å²) in [5, 5.41) is 29.1. The van der Waals surface area contributed by atoms with E-state index in [1.165, 1.54) is 18.5 Å². The number of aromatic nitrogens is 1. The minimum Gasteiger partial charge on any atom is -0.475 e. The molecule has 1 aromatic heterocycles. The molecule has 0 atom stereocenters. The second-order valence-corrected chi connectivity index (χ2v) is 11.5. The lowest BCUT2D eigenvalue weighted by Crippen LogP contribution is -2.21. The maximum Gasteiger partial charge on any atom is 0.490 e. The van der Waals surface area contributed by atoms with Crippen molar-refractivity contribution in [3.8, 4) is 22.4 Å². The summed E-state index contributed by atoms with van der Waals surface area (Å²) in [6.45, 7) is 0. The standard InChI is InChI=1S/C26H21FN4O4S.2C2HF3O2/c1-36(34,35)24-12-9-17(27)14-21(24)16-7-10-18(11-8-16)31-26(32)20-5-3-13-29-25(20)19-4-2-6-23(28)22(19)15-30-33;2*3-2(4,5)1(6)7/h2-15,33H,28H2,1H3,(H,31,32);2*(H,6,7). The summed E-state index contributed by atoms with van der Waals surface area (Å²) >= 11 is 0. The van der Waals surface area contributed by atoms with Crippen LogP contribution in [0.1, 0.15) is 15.9 Å². The van der Waals surface area contributed by atoms with Gasteiger partial charge in [0.25, 0.3) is 5.91 Å². The molecule has 0 aliphatic rings. The van der Waals surface area contributed by atoms with Crippen LogP contribution in [-0.4, -0.2) is 71.5 Å². The van der Waals surface area contributed by atoms with E-state index in [0.29, 0.717) is 33.8 Å².